The van der Waals surface area contributed by atoms with Gasteiger partial charge in [-0.1, -0.05) is 6.92 Å². The summed E-state index contributed by atoms with van der Waals surface area (Å²) in [6.45, 7) is 14.1. The zero-order chi connectivity index (χ0) is 21.7. The van der Waals surface area contributed by atoms with Crippen molar-refractivity contribution in [1.29, 1.82) is 0 Å². The predicted octanol–water partition coefficient (Wildman–Crippen LogP) is 3.16. The Morgan fingerprint density at radius 2 is 1.83 bits per heavy atom. The molecule has 3 fully saturated rings. The maximum absolute atomic E-state index is 12.9. The number of likely N-dealkylation sites (tertiary alicyclic amines) is 2. The Labute approximate surface area is 183 Å². The molecule has 1 atom stereocenters. The van der Waals surface area contributed by atoms with Gasteiger partial charge in [0.15, 0.2) is 5.96 Å². The van der Waals surface area contributed by atoms with Crippen LogP contribution in [0.15, 0.2) is 4.99 Å². The number of piperidine rings is 1. The largest absolute Gasteiger partial charge is 0.444 e. The summed E-state index contributed by atoms with van der Waals surface area (Å²) in [6.07, 6.45) is 6.84. The maximum Gasteiger partial charge on any atom is 0.410 e. The topological polar surface area (TPSA) is 60.4 Å². The van der Waals surface area contributed by atoms with Crippen molar-refractivity contribution in [2.75, 3.05) is 46.3 Å². The van der Waals surface area contributed by atoms with Crippen LogP contribution >= 0.6 is 0 Å². The van der Waals surface area contributed by atoms with Gasteiger partial charge < -0.3 is 19.9 Å². The van der Waals surface area contributed by atoms with E-state index in [9.17, 15) is 4.79 Å². The fourth-order valence-corrected chi connectivity index (χ4v) is 4.75. The van der Waals surface area contributed by atoms with Gasteiger partial charge in [-0.2, -0.15) is 0 Å². The van der Waals surface area contributed by atoms with E-state index in [1.807, 2.05) is 32.7 Å². The highest BCUT2D eigenvalue weighted by Crippen LogP contribution is 2.32. The smallest absolute Gasteiger partial charge is 0.410 e. The third-order valence-electron chi connectivity index (χ3n) is 6.60. The summed E-state index contributed by atoms with van der Waals surface area (Å²) in [7, 11) is 1.88. The molecule has 1 unspecified atom stereocenters. The van der Waals surface area contributed by atoms with Gasteiger partial charge in [-0.15, -0.1) is 0 Å². The van der Waals surface area contributed by atoms with Gasteiger partial charge in [0, 0.05) is 45.3 Å². The Balaban J connectivity index is 1.51. The number of likely N-dealkylation sites (N-methyl/N-ethyl adjacent to an activating group) is 1. The van der Waals surface area contributed by atoms with E-state index in [0.717, 1.165) is 51.5 Å². The number of hydrogen-bond donors (Lipinski definition) is 1. The molecule has 0 bridgehead atoms. The number of hydrogen-bond acceptors (Lipinski definition) is 4. The zero-order valence-electron chi connectivity index (χ0n) is 19.8. The molecular weight excluding hydrogens is 378 g/mol. The third kappa shape index (κ3) is 6.50. The lowest BCUT2D eigenvalue weighted by atomic mass is 10.0. The van der Waals surface area contributed by atoms with E-state index in [1.165, 1.54) is 32.2 Å². The Morgan fingerprint density at radius 1 is 1.13 bits per heavy atom. The van der Waals surface area contributed by atoms with Crippen LogP contribution in [-0.4, -0.2) is 90.8 Å². The fraction of sp³-hybridized carbons (Fsp3) is 0.913. The molecule has 0 radical (unpaired) electrons. The van der Waals surface area contributed by atoms with E-state index < -0.39 is 5.60 Å². The number of amides is 1. The van der Waals surface area contributed by atoms with Gasteiger partial charge in [0.2, 0.25) is 0 Å². The van der Waals surface area contributed by atoms with Crippen LogP contribution < -0.4 is 5.32 Å². The summed E-state index contributed by atoms with van der Waals surface area (Å²) in [4.78, 5) is 24.3. The molecule has 1 N–H and O–H groups in total. The first-order valence-corrected chi connectivity index (χ1v) is 12.0. The summed E-state index contributed by atoms with van der Waals surface area (Å²) in [5.74, 6) is 1.67. The SMILES string of the molecule is CCN1CCCC1CNC(=NC)N1CCC(N(CC2CC2)C(=O)OC(C)(C)C)CC1. The minimum Gasteiger partial charge on any atom is -0.444 e. The molecule has 1 saturated carbocycles. The quantitative estimate of drug-likeness (QED) is 0.527. The van der Waals surface area contributed by atoms with Crippen molar-refractivity contribution in [3.05, 3.63) is 0 Å². The lowest BCUT2D eigenvalue weighted by Crippen LogP contribution is -2.53. The first-order chi connectivity index (χ1) is 14.3. The lowest BCUT2D eigenvalue weighted by molar-refractivity contribution is 0.00927. The van der Waals surface area contributed by atoms with Crippen molar-refractivity contribution in [1.82, 2.24) is 20.0 Å². The molecule has 7 heteroatoms. The van der Waals surface area contributed by atoms with Crippen LogP contribution in [-0.2, 0) is 4.74 Å². The first kappa shape index (κ1) is 23.2. The molecule has 2 saturated heterocycles. The van der Waals surface area contributed by atoms with Gasteiger partial charge in [-0.25, -0.2) is 4.79 Å². The number of nitrogens with zero attached hydrogens (tertiary/aromatic N) is 4. The number of aliphatic imine (C=N–C) groups is 1. The summed E-state index contributed by atoms with van der Waals surface area (Å²) < 4.78 is 5.73. The van der Waals surface area contributed by atoms with E-state index in [4.69, 9.17) is 4.74 Å². The highest BCUT2D eigenvalue weighted by molar-refractivity contribution is 5.80. The molecule has 3 rings (SSSR count). The number of rotatable bonds is 6. The average molecular weight is 422 g/mol. The van der Waals surface area contributed by atoms with Crippen molar-refractivity contribution in [2.45, 2.75) is 83.9 Å². The molecule has 2 heterocycles. The van der Waals surface area contributed by atoms with Crippen molar-refractivity contribution in [3.8, 4) is 0 Å². The van der Waals surface area contributed by atoms with Crippen molar-refractivity contribution >= 4 is 12.1 Å². The molecule has 0 aromatic rings. The molecule has 7 nitrogen and oxygen atoms in total. The van der Waals surface area contributed by atoms with E-state index in [-0.39, 0.29) is 12.1 Å². The highest BCUT2D eigenvalue weighted by atomic mass is 16.6. The number of nitrogens with one attached hydrogen (secondary N) is 1. The van der Waals surface area contributed by atoms with Gasteiger partial charge in [0.1, 0.15) is 5.60 Å². The Kier molecular flexibility index (Phi) is 7.88. The molecule has 1 aliphatic carbocycles. The van der Waals surface area contributed by atoms with Gasteiger partial charge in [0.25, 0.3) is 0 Å². The van der Waals surface area contributed by atoms with Gasteiger partial charge >= 0.3 is 6.09 Å². The van der Waals surface area contributed by atoms with Crippen LogP contribution in [0.4, 0.5) is 4.79 Å². The molecular formula is C23H43N5O2. The number of guanidine groups is 1. The third-order valence-corrected chi connectivity index (χ3v) is 6.60. The van der Waals surface area contributed by atoms with E-state index in [1.54, 1.807) is 0 Å². The zero-order valence-corrected chi connectivity index (χ0v) is 19.8. The van der Waals surface area contributed by atoms with Gasteiger partial charge in [0.05, 0.1) is 0 Å². The minimum atomic E-state index is -0.446. The molecule has 0 spiro atoms. The molecule has 2 aliphatic heterocycles. The maximum atomic E-state index is 12.9. The van der Waals surface area contributed by atoms with Crippen LogP contribution in [0.3, 0.4) is 0 Å². The molecule has 0 aromatic heterocycles. The monoisotopic (exact) mass is 421 g/mol. The Morgan fingerprint density at radius 3 is 2.40 bits per heavy atom. The first-order valence-electron chi connectivity index (χ1n) is 12.0. The minimum absolute atomic E-state index is 0.142. The standard InChI is InChI=1S/C23H43N5O2/c1-6-26-13-7-8-20(26)16-25-21(24-5)27-14-11-19(12-15-27)28(17-18-9-10-18)22(29)30-23(2,3)4/h18-20H,6-17H2,1-5H3,(H,24,25). The number of carbonyl (C=O) groups is 1. The number of ether oxygens (including phenoxy) is 1. The van der Waals surface area contributed by atoms with E-state index in [0.29, 0.717) is 12.0 Å². The Hall–Kier alpha value is -1.50. The molecule has 3 aliphatic rings. The van der Waals surface area contributed by atoms with Crippen LogP contribution in [0, 0.1) is 5.92 Å². The second-order valence-corrected chi connectivity index (χ2v) is 10.1. The van der Waals surface area contributed by atoms with Crippen molar-refractivity contribution < 1.29 is 9.53 Å². The van der Waals surface area contributed by atoms with Crippen LogP contribution in [0.25, 0.3) is 0 Å². The summed E-state index contributed by atoms with van der Waals surface area (Å²) in [5.41, 5.74) is -0.446. The van der Waals surface area contributed by atoms with Crippen molar-refractivity contribution in [3.63, 3.8) is 0 Å². The average Bonchev–Trinajstić information content (AvgIpc) is 3.41. The molecule has 0 aromatic carbocycles. The Bertz CT molecular complexity index is 591. The highest BCUT2D eigenvalue weighted by Gasteiger charge is 2.36. The van der Waals surface area contributed by atoms with Gasteiger partial charge in [-0.3, -0.25) is 9.89 Å². The lowest BCUT2D eigenvalue weighted by Gasteiger charge is -2.40. The normalized spacial score (nSPS) is 24.2. The van der Waals surface area contributed by atoms with Crippen LogP contribution in [0.1, 0.15) is 66.2 Å². The number of carbonyl (C=O) groups excluding carboxylic acids is 1. The van der Waals surface area contributed by atoms with Crippen LogP contribution in [0.2, 0.25) is 0 Å². The molecule has 30 heavy (non-hydrogen) atoms. The van der Waals surface area contributed by atoms with E-state index in [2.05, 4.69) is 27.0 Å². The molecule has 172 valence electrons. The summed E-state index contributed by atoms with van der Waals surface area (Å²) >= 11 is 0. The van der Waals surface area contributed by atoms with E-state index >= 15 is 0 Å². The summed E-state index contributed by atoms with van der Waals surface area (Å²) in [6, 6.07) is 0.880. The fourth-order valence-electron chi connectivity index (χ4n) is 4.75. The molecule has 1 amide bonds. The predicted molar refractivity (Wildman–Crippen MR) is 122 cm³/mol. The van der Waals surface area contributed by atoms with Crippen LogP contribution in [0.5, 0.6) is 0 Å². The second kappa shape index (κ2) is 10.2. The second-order valence-electron chi connectivity index (χ2n) is 10.1. The van der Waals surface area contributed by atoms with Gasteiger partial charge in [-0.05, 0) is 78.3 Å². The summed E-state index contributed by atoms with van der Waals surface area (Å²) in [5, 5.41) is 3.61. The van der Waals surface area contributed by atoms with Crippen molar-refractivity contribution in [2.24, 2.45) is 10.9 Å².